The zero-order valence-corrected chi connectivity index (χ0v) is 13.4. The van der Waals surface area contributed by atoms with Gasteiger partial charge in [0.15, 0.2) is 5.82 Å². The van der Waals surface area contributed by atoms with Gasteiger partial charge in [0.1, 0.15) is 10.6 Å². The van der Waals surface area contributed by atoms with Crippen molar-refractivity contribution in [3.8, 4) is 0 Å². The van der Waals surface area contributed by atoms with Crippen LogP contribution < -0.4 is 10.4 Å². The van der Waals surface area contributed by atoms with Gasteiger partial charge in [-0.2, -0.15) is 0 Å². The normalized spacial score (nSPS) is 14.2. The molecule has 23 heavy (non-hydrogen) atoms. The van der Waals surface area contributed by atoms with Crippen LogP contribution in [0.3, 0.4) is 0 Å². The minimum absolute atomic E-state index is 0.0967. The maximum absolute atomic E-state index is 11.4. The third-order valence-electron chi connectivity index (χ3n) is 3.72. The molecule has 120 valence electrons. The van der Waals surface area contributed by atoms with Crippen molar-refractivity contribution in [1.29, 1.82) is 0 Å². The lowest BCUT2D eigenvalue weighted by Gasteiger charge is -2.18. The fourth-order valence-corrected chi connectivity index (χ4v) is 2.87. The van der Waals surface area contributed by atoms with Gasteiger partial charge in [0.2, 0.25) is 0 Å². The van der Waals surface area contributed by atoms with Crippen molar-refractivity contribution in [2.24, 2.45) is 4.99 Å². The summed E-state index contributed by atoms with van der Waals surface area (Å²) in [5.74, 6) is 0.597. The van der Waals surface area contributed by atoms with Crippen molar-refractivity contribution in [3.05, 3.63) is 56.8 Å². The maximum Gasteiger partial charge on any atom is 0.309 e. The van der Waals surface area contributed by atoms with E-state index < -0.39 is 0 Å². The molecule has 8 heteroatoms. The number of aromatic nitrogens is 2. The third kappa shape index (κ3) is 3.05. The van der Waals surface area contributed by atoms with Crippen molar-refractivity contribution in [2.45, 2.75) is 20.0 Å². The first-order valence-electron chi connectivity index (χ1n) is 7.34. The molecule has 3 rings (SSSR count). The van der Waals surface area contributed by atoms with Crippen molar-refractivity contribution < 1.29 is 4.92 Å². The molecule has 0 saturated heterocycles. The maximum atomic E-state index is 11.4. The number of halogens is 1. The highest BCUT2D eigenvalue weighted by Gasteiger charge is 2.28. The Hall–Kier alpha value is -2.41. The van der Waals surface area contributed by atoms with Crippen LogP contribution in [-0.4, -0.2) is 27.6 Å². The number of nitro groups is 1. The number of nitrogens with zero attached hydrogens (tertiary/aromatic N) is 5. The van der Waals surface area contributed by atoms with Gasteiger partial charge >= 0.3 is 5.69 Å². The Morgan fingerprint density at radius 1 is 1.35 bits per heavy atom. The van der Waals surface area contributed by atoms with E-state index in [1.807, 2.05) is 22.5 Å². The summed E-state index contributed by atoms with van der Waals surface area (Å²) >= 11 is 5.80. The molecule has 0 spiro atoms. The molecule has 7 nitrogen and oxygen atoms in total. The molecule has 0 fully saturated rings. The lowest BCUT2D eigenvalue weighted by Crippen LogP contribution is -2.23. The molecule has 0 saturated carbocycles. The van der Waals surface area contributed by atoms with E-state index in [2.05, 4.69) is 9.98 Å². The summed E-state index contributed by atoms with van der Waals surface area (Å²) < 4.78 is 1.91. The molecule has 0 radical (unpaired) electrons. The van der Waals surface area contributed by atoms with Gasteiger partial charge < -0.3 is 9.47 Å². The van der Waals surface area contributed by atoms with E-state index in [0.717, 1.165) is 11.1 Å². The first-order chi connectivity index (χ1) is 11.1. The van der Waals surface area contributed by atoms with Crippen molar-refractivity contribution >= 4 is 23.1 Å². The van der Waals surface area contributed by atoms with E-state index >= 15 is 0 Å². The van der Waals surface area contributed by atoms with E-state index in [-0.39, 0.29) is 10.6 Å². The van der Waals surface area contributed by atoms with Crippen LogP contribution in [0.1, 0.15) is 12.5 Å². The van der Waals surface area contributed by atoms with Crippen LogP contribution in [0.15, 0.2) is 35.5 Å². The Bertz CT molecular complexity index is 801. The zero-order chi connectivity index (χ0) is 16.4. The van der Waals surface area contributed by atoms with Crippen molar-refractivity contribution in [2.75, 3.05) is 18.0 Å². The van der Waals surface area contributed by atoms with Crippen molar-refractivity contribution in [1.82, 2.24) is 9.55 Å². The molecule has 1 aliphatic heterocycles. The Morgan fingerprint density at radius 3 is 2.83 bits per heavy atom. The van der Waals surface area contributed by atoms with Gasteiger partial charge in [-0.15, -0.1) is 0 Å². The average Bonchev–Trinajstić information content (AvgIpc) is 2.94. The van der Waals surface area contributed by atoms with Crippen LogP contribution in [0.2, 0.25) is 5.15 Å². The van der Waals surface area contributed by atoms with Gasteiger partial charge in [0.25, 0.3) is 0 Å². The van der Waals surface area contributed by atoms with Crippen LogP contribution in [0.4, 0.5) is 11.5 Å². The summed E-state index contributed by atoms with van der Waals surface area (Å²) in [6.45, 7) is 4.50. The monoisotopic (exact) mass is 333 g/mol. The second-order valence-corrected chi connectivity index (χ2v) is 5.58. The van der Waals surface area contributed by atoms with Gasteiger partial charge in [-0.25, -0.2) is 4.98 Å². The van der Waals surface area contributed by atoms with E-state index in [9.17, 15) is 10.1 Å². The molecule has 0 aliphatic carbocycles. The summed E-state index contributed by atoms with van der Waals surface area (Å²) in [5.41, 5.74) is 1.82. The Kier molecular flexibility index (Phi) is 4.29. The molecule has 3 heterocycles. The van der Waals surface area contributed by atoms with Gasteiger partial charge in [0, 0.05) is 38.4 Å². The predicted octanol–water partition coefficient (Wildman–Crippen LogP) is 2.39. The Labute approximate surface area is 138 Å². The minimum atomic E-state index is -0.347. The smallest absolute Gasteiger partial charge is 0.309 e. The minimum Gasteiger partial charge on any atom is -0.346 e. The first kappa shape index (κ1) is 15.5. The number of hydrogen-bond donors (Lipinski definition) is 0. The van der Waals surface area contributed by atoms with Crippen molar-refractivity contribution in [3.63, 3.8) is 0 Å². The van der Waals surface area contributed by atoms with E-state index in [4.69, 9.17) is 11.6 Å². The predicted molar refractivity (Wildman–Crippen MR) is 87.5 cm³/mol. The zero-order valence-electron chi connectivity index (χ0n) is 12.6. The van der Waals surface area contributed by atoms with Crippen LogP contribution in [0, 0.1) is 10.1 Å². The van der Waals surface area contributed by atoms with Crippen LogP contribution in [0.5, 0.6) is 0 Å². The van der Waals surface area contributed by atoms with Gasteiger partial charge in [0.05, 0.1) is 4.92 Å². The second-order valence-electron chi connectivity index (χ2n) is 5.19. The number of fused-ring (bicyclic) bond motifs is 1. The fourth-order valence-electron chi connectivity index (χ4n) is 2.76. The van der Waals surface area contributed by atoms with Gasteiger partial charge in [-0.1, -0.05) is 17.7 Å². The number of pyridine rings is 2. The standard InChI is InChI=1S/C15H16ClN5O2/c1-2-17-14-6-4-12(21(22)23)15-19(7-8-20(14)15)10-11-3-5-13(16)18-9-11/h3-6,9H,2,7-8,10H2,1H3. The largest absolute Gasteiger partial charge is 0.346 e. The summed E-state index contributed by atoms with van der Waals surface area (Å²) in [5, 5.41) is 11.8. The van der Waals surface area contributed by atoms with Gasteiger partial charge in [-0.05, 0) is 24.6 Å². The molecular formula is C15H16ClN5O2. The van der Waals surface area contributed by atoms with E-state index in [1.54, 1.807) is 18.3 Å². The average molecular weight is 334 g/mol. The highest BCUT2D eigenvalue weighted by atomic mass is 35.5. The quantitative estimate of drug-likeness (QED) is 0.489. The molecule has 0 bridgehead atoms. The third-order valence-corrected chi connectivity index (χ3v) is 3.95. The molecule has 0 amide bonds. The van der Waals surface area contributed by atoms with Crippen LogP contribution in [-0.2, 0) is 13.1 Å². The summed E-state index contributed by atoms with van der Waals surface area (Å²) in [7, 11) is 0. The lowest BCUT2D eigenvalue weighted by molar-refractivity contribution is -0.384. The topological polar surface area (TPSA) is 76.6 Å². The fraction of sp³-hybridized carbons (Fsp3) is 0.333. The summed E-state index contributed by atoms with van der Waals surface area (Å²) in [4.78, 5) is 21.5. The molecule has 0 N–H and O–H groups in total. The van der Waals surface area contributed by atoms with Gasteiger partial charge in [-0.3, -0.25) is 15.1 Å². The highest BCUT2D eigenvalue weighted by Crippen LogP contribution is 2.31. The summed E-state index contributed by atoms with van der Waals surface area (Å²) in [6, 6.07) is 6.83. The first-order valence-corrected chi connectivity index (χ1v) is 7.72. The second kappa shape index (κ2) is 6.37. The van der Waals surface area contributed by atoms with E-state index in [0.29, 0.717) is 37.1 Å². The molecular weight excluding hydrogens is 318 g/mol. The summed E-state index contributed by atoms with van der Waals surface area (Å²) in [6.07, 6.45) is 1.69. The Morgan fingerprint density at radius 2 is 2.17 bits per heavy atom. The number of anilines is 1. The molecule has 1 aliphatic rings. The molecule has 2 aromatic heterocycles. The number of rotatable bonds is 4. The molecule has 0 atom stereocenters. The molecule has 0 unspecified atom stereocenters. The Balaban J connectivity index is 2.03. The number of hydrogen-bond acceptors (Lipinski definition) is 5. The van der Waals surface area contributed by atoms with Crippen LogP contribution in [0.25, 0.3) is 0 Å². The molecule has 0 aromatic carbocycles. The molecule has 2 aromatic rings. The SMILES string of the molecule is CCN=c1ccc([N+](=O)[O-])c2n1CCN2Cc1ccc(Cl)nc1. The highest BCUT2D eigenvalue weighted by molar-refractivity contribution is 6.29. The van der Waals surface area contributed by atoms with Crippen LogP contribution >= 0.6 is 11.6 Å². The lowest BCUT2D eigenvalue weighted by atomic mass is 10.2. The van der Waals surface area contributed by atoms with E-state index in [1.165, 1.54) is 6.07 Å².